The lowest BCUT2D eigenvalue weighted by Gasteiger charge is -2.40. The van der Waals surface area contributed by atoms with Gasteiger partial charge in [-0.25, -0.2) is 4.79 Å². The van der Waals surface area contributed by atoms with Gasteiger partial charge in [-0.3, -0.25) is 9.69 Å². The number of piperazine rings is 1. The number of nitrogens with one attached hydrogen (secondary N) is 1. The van der Waals surface area contributed by atoms with Crippen LogP contribution in [-0.2, 0) is 14.3 Å². The molecule has 1 unspecified atom stereocenters. The Kier molecular flexibility index (Phi) is 3.34. The maximum absolute atomic E-state index is 11.4. The average molecular weight is 214 g/mol. The second-order valence-corrected chi connectivity index (χ2v) is 4.69. The van der Waals surface area contributed by atoms with E-state index in [4.69, 9.17) is 0 Å². The minimum Gasteiger partial charge on any atom is -0.467 e. The van der Waals surface area contributed by atoms with Crippen molar-refractivity contribution in [3.63, 3.8) is 0 Å². The zero-order chi connectivity index (χ0) is 11.6. The Labute approximate surface area is 89.8 Å². The molecule has 0 aliphatic carbocycles. The largest absolute Gasteiger partial charge is 0.467 e. The van der Waals surface area contributed by atoms with E-state index in [2.05, 4.69) is 10.1 Å². The predicted molar refractivity (Wildman–Crippen MR) is 55.3 cm³/mol. The van der Waals surface area contributed by atoms with E-state index in [-0.39, 0.29) is 11.4 Å². The highest BCUT2D eigenvalue weighted by Gasteiger charge is 2.35. The Morgan fingerprint density at radius 2 is 2.13 bits per heavy atom. The molecule has 15 heavy (non-hydrogen) atoms. The molecule has 5 nitrogen and oxygen atoms in total. The van der Waals surface area contributed by atoms with Crippen molar-refractivity contribution in [1.29, 1.82) is 0 Å². The highest BCUT2D eigenvalue weighted by atomic mass is 16.5. The number of esters is 1. The molecule has 1 aliphatic heterocycles. The lowest BCUT2D eigenvalue weighted by molar-refractivity contribution is -0.148. The topological polar surface area (TPSA) is 58.6 Å². The molecule has 1 fully saturated rings. The summed E-state index contributed by atoms with van der Waals surface area (Å²) in [6.07, 6.45) is 0. The van der Waals surface area contributed by atoms with Crippen LogP contribution in [0.4, 0.5) is 0 Å². The molecule has 0 spiro atoms. The minimum absolute atomic E-state index is 0.121. The van der Waals surface area contributed by atoms with Crippen LogP contribution in [0.15, 0.2) is 0 Å². The number of hydrogen-bond donors (Lipinski definition) is 1. The molecule has 1 atom stereocenters. The van der Waals surface area contributed by atoms with Crippen molar-refractivity contribution in [1.82, 2.24) is 10.2 Å². The van der Waals surface area contributed by atoms with Crippen LogP contribution in [-0.4, -0.2) is 48.6 Å². The monoisotopic (exact) mass is 214 g/mol. The number of methoxy groups -OCH3 is 1. The Bertz CT molecular complexity index is 270. The third kappa shape index (κ3) is 2.92. The van der Waals surface area contributed by atoms with Crippen LogP contribution < -0.4 is 5.32 Å². The van der Waals surface area contributed by atoms with Crippen molar-refractivity contribution >= 4 is 11.9 Å². The predicted octanol–water partition coefficient (Wildman–Crippen LogP) is -0.242. The maximum Gasteiger partial charge on any atom is 0.329 e. The molecule has 0 bridgehead atoms. The van der Waals surface area contributed by atoms with E-state index in [1.807, 2.05) is 25.7 Å². The Morgan fingerprint density at radius 3 is 2.60 bits per heavy atom. The average Bonchev–Trinajstić information content (AvgIpc) is 2.14. The molecule has 0 aromatic heterocycles. The summed E-state index contributed by atoms with van der Waals surface area (Å²) < 4.78 is 4.62. The van der Waals surface area contributed by atoms with E-state index in [0.717, 1.165) is 0 Å². The first-order valence-corrected chi connectivity index (χ1v) is 4.97. The summed E-state index contributed by atoms with van der Waals surface area (Å²) >= 11 is 0. The van der Waals surface area contributed by atoms with Gasteiger partial charge in [-0.05, 0) is 20.8 Å². The fraction of sp³-hybridized carbons (Fsp3) is 0.800. The van der Waals surface area contributed by atoms with E-state index in [1.165, 1.54) is 7.11 Å². The number of amides is 1. The molecule has 5 heteroatoms. The molecule has 86 valence electrons. The van der Waals surface area contributed by atoms with Gasteiger partial charge in [-0.15, -0.1) is 0 Å². The summed E-state index contributed by atoms with van der Waals surface area (Å²) in [7, 11) is 1.32. The molecule has 1 rings (SSSR count). The molecular weight excluding hydrogens is 196 g/mol. The van der Waals surface area contributed by atoms with Gasteiger partial charge in [-0.1, -0.05) is 0 Å². The zero-order valence-electron chi connectivity index (χ0n) is 9.66. The molecule has 0 radical (unpaired) electrons. The zero-order valence-corrected chi connectivity index (χ0v) is 9.66. The third-order valence-electron chi connectivity index (χ3n) is 2.51. The van der Waals surface area contributed by atoms with Crippen molar-refractivity contribution in [3.05, 3.63) is 0 Å². The van der Waals surface area contributed by atoms with E-state index >= 15 is 0 Å². The highest BCUT2D eigenvalue weighted by Crippen LogP contribution is 2.15. The van der Waals surface area contributed by atoms with Gasteiger partial charge >= 0.3 is 5.97 Å². The molecule has 0 saturated carbocycles. The van der Waals surface area contributed by atoms with Gasteiger partial charge in [0.25, 0.3) is 0 Å². The molecule has 0 aromatic carbocycles. The minimum atomic E-state index is -0.546. The molecule has 1 aliphatic rings. The lowest BCUT2D eigenvalue weighted by Crippen LogP contribution is -2.61. The summed E-state index contributed by atoms with van der Waals surface area (Å²) in [6.45, 7) is 6.87. The fourth-order valence-electron chi connectivity index (χ4n) is 1.53. The Balaban J connectivity index is 2.72. The normalized spacial score (nSPS) is 23.5. The van der Waals surface area contributed by atoms with E-state index in [9.17, 15) is 9.59 Å². The van der Waals surface area contributed by atoms with Gasteiger partial charge in [0.2, 0.25) is 5.91 Å². The number of rotatable bonds is 1. The van der Waals surface area contributed by atoms with Crippen molar-refractivity contribution in [2.75, 3.05) is 20.2 Å². The molecule has 1 N–H and O–H groups in total. The van der Waals surface area contributed by atoms with Crippen molar-refractivity contribution in [2.24, 2.45) is 0 Å². The van der Waals surface area contributed by atoms with Gasteiger partial charge in [0, 0.05) is 12.1 Å². The first kappa shape index (κ1) is 12.0. The highest BCUT2D eigenvalue weighted by molar-refractivity contribution is 5.87. The van der Waals surface area contributed by atoms with E-state index < -0.39 is 12.0 Å². The van der Waals surface area contributed by atoms with Gasteiger partial charge in [-0.2, -0.15) is 0 Å². The molecule has 1 saturated heterocycles. The van der Waals surface area contributed by atoms with Crippen LogP contribution in [0.1, 0.15) is 20.8 Å². The number of nitrogens with zero attached hydrogens (tertiary/aromatic N) is 1. The van der Waals surface area contributed by atoms with Crippen LogP contribution in [0.3, 0.4) is 0 Å². The van der Waals surface area contributed by atoms with Crippen molar-refractivity contribution < 1.29 is 14.3 Å². The standard InChI is InChI=1S/C10H18N2O3/c1-10(2,3)12-5-7(9(14)15-4)11-8(13)6-12/h7H,5-6H2,1-4H3,(H,11,13). The van der Waals surface area contributed by atoms with Gasteiger partial charge in [0.15, 0.2) is 0 Å². The molecular formula is C10H18N2O3. The SMILES string of the molecule is COC(=O)C1CN(C(C)(C)C)CC(=O)N1. The summed E-state index contributed by atoms with van der Waals surface area (Å²) in [5.41, 5.74) is -0.121. The van der Waals surface area contributed by atoms with E-state index in [1.54, 1.807) is 0 Å². The van der Waals surface area contributed by atoms with Crippen LogP contribution in [0.25, 0.3) is 0 Å². The number of ether oxygens (including phenoxy) is 1. The Morgan fingerprint density at radius 1 is 1.53 bits per heavy atom. The molecule has 1 heterocycles. The van der Waals surface area contributed by atoms with Crippen molar-refractivity contribution in [3.8, 4) is 0 Å². The second kappa shape index (κ2) is 4.18. The number of carbonyl (C=O) groups excluding carboxylic acids is 2. The van der Waals surface area contributed by atoms with Crippen LogP contribution >= 0.6 is 0 Å². The number of hydrogen-bond acceptors (Lipinski definition) is 4. The summed E-state index contributed by atoms with van der Waals surface area (Å²) in [5.74, 6) is -0.524. The fourth-order valence-corrected chi connectivity index (χ4v) is 1.53. The summed E-state index contributed by atoms with van der Waals surface area (Å²) in [6, 6.07) is -0.546. The molecule has 1 amide bonds. The summed E-state index contributed by atoms with van der Waals surface area (Å²) in [5, 5.41) is 2.61. The Hall–Kier alpha value is -1.10. The van der Waals surface area contributed by atoms with Gasteiger partial charge in [0.1, 0.15) is 6.04 Å². The first-order valence-electron chi connectivity index (χ1n) is 4.97. The second-order valence-electron chi connectivity index (χ2n) is 4.69. The molecule has 0 aromatic rings. The van der Waals surface area contributed by atoms with E-state index in [0.29, 0.717) is 13.1 Å². The maximum atomic E-state index is 11.4. The van der Waals surface area contributed by atoms with Crippen LogP contribution in [0, 0.1) is 0 Å². The van der Waals surface area contributed by atoms with Crippen LogP contribution in [0.5, 0.6) is 0 Å². The quantitative estimate of drug-likeness (QED) is 0.612. The lowest BCUT2D eigenvalue weighted by atomic mass is 10.0. The smallest absolute Gasteiger partial charge is 0.329 e. The van der Waals surface area contributed by atoms with Crippen LogP contribution in [0.2, 0.25) is 0 Å². The van der Waals surface area contributed by atoms with Gasteiger partial charge < -0.3 is 10.1 Å². The van der Waals surface area contributed by atoms with Gasteiger partial charge in [0.05, 0.1) is 13.7 Å². The summed E-state index contributed by atoms with van der Waals surface area (Å²) in [4.78, 5) is 24.7. The third-order valence-corrected chi connectivity index (χ3v) is 2.51. The first-order chi connectivity index (χ1) is 6.84. The number of carbonyl (C=O) groups is 2. The van der Waals surface area contributed by atoms with Crippen molar-refractivity contribution in [2.45, 2.75) is 32.4 Å².